The van der Waals surface area contributed by atoms with E-state index in [-0.39, 0.29) is 17.8 Å². The van der Waals surface area contributed by atoms with Crippen molar-refractivity contribution in [1.82, 2.24) is 0 Å². The monoisotopic (exact) mass is 460 g/mol. The van der Waals surface area contributed by atoms with Gasteiger partial charge in [-0.25, -0.2) is 4.39 Å². The number of nitrogens with one attached hydrogen (secondary N) is 1. The summed E-state index contributed by atoms with van der Waals surface area (Å²) in [6.45, 7) is 2.19. The van der Waals surface area contributed by atoms with Crippen LogP contribution in [0.15, 0.2) is 60.7 Å². The number of carboxylic acids is 1. The van der Waals surface area contributed by atoms with Gasteiger partial charge < -0.3 is 24.7 Å². The molecule has 1 heterocycles. The minimum Gasteiger partial charge on any atom is -0.550 e. The Labute approximate surface area is 198 Å². The molecule has 3 aromatic rings. The number of benzene rings is 3. The van der Waals surface area contributed by atoms with Crippen molar-refractivity contribution in [2.45, 2.75) is 31.7 Å². The highest BCUT2D eigenvalue weighted by molar-refractivity contribution is 5.70. The molecule has 1 aliphatic carbocycles. The summed E-state index contributed by atoms with van der Waals surface area (Å²) >= 11 is 0. The summed E-state index contributed by atoms with van der Waals surface area (Å²) in [5, 5.41) is 15.1. The van der Waals surface area contributed by atoms with Crippen LogP contribution in [-0.4, -0.2) is 19.7 Å². The van der Waals surface area contributed by atoms with Crippen LogP contribution in [0.4, 0.5) is 10.1 Å². The van der Waals surface area contributed by atoms with Crippen molar-refractivity contribution in [3.05, 3.63) is 77.6 Å². The molecule has 5 nitrogen and oxygen atoms in total. The predicted octanol–water partition coefficient (Wildman–Crippen LogP) is 4.93. The van der Waals surface area contributed by atoms with Gasteiger partial charge in [0.25, 0.3) is 0 Å². The Kier molecular flexibility index (Phi) is 5.90. The Balaban J connectivity index is 1.37. The average molecular weight is 461 g/mol. The van der Waals surface area contributed by atoms with Crippen molar-refractivity contribution in [3.63, 3.8) is 0 Å². The number of aliphatic carboxylic acids is 1. The Morgan fingerprint density at radius 3 is 2.56 bits per heavy atom. The number of hydrogen-bond acceptors (Lipinski definition) is 5. The number of ether oxygens (including phenoxy) is 2. The topological polar surface area (TPSA) is 70.6 Å². The van der Waals surface area contributed by atoms with Crippen LogP contribution in [-0.2, 0) is 4.79 Å². The largest absolute Gasteiger partial charge is 0.550 e. The molecule has 1 fully saturated rings. The van der Waals surface area contributed by atoms with Gasteiger partial charge in [0.2, 0.25) is 0 Å². The molecule has 2 aliphatic rings. The molecule has 34 heavy (non-hydrogen) atoms. The van der Waals surface area contributed by atoms with Crippen LogP contribution < -0.4 is 19.9 Å². The molecule has 0 bridgehead atoms. The second-order valence-electron chi connectivity index (χ2n) is 9.20. The zero-order valence-electron chi connectivity index (χ0n) is 19.2. The number of halogens is 1. The lowest BCUT2D eigenvalue weighted by molar-refractivity contribution is -0.311. The fourth-order valence-electron chi connectivity index (χ4n) is 4.89. The van der Waals surface area contributed by atoms with Gasteiger partial charge in [0.15, 0.2) is 0 Å². The smallest absolute Gasteiger partial charge is 0.142 e. The molecule has 3 atom stereocenters. The minimum absolute atomic E-state index is 0.0606. The first-order valence-electron chi connectivity index (χ1n) is 11.6. The molecule has 1 unspecified atom stereocenters. The molecule has 1 saturated carbocycles. The van der Waals surface area contributed by atoms with E-state index in [4.69, 9.17) is 9.47 Å². The van der Waals surface area contributed by atoms with Gasteiger partial charge in [0, 0.05) is 17.5 Å². The fourth-order valence-corrected chi connectivity index (χ4v) is 4.89. The third kappa shape index (κ3) is 4.32. The number of anilines is 1. The van der Waals surface area contributed by atoms with E-state index < -0.39 is 11.9 Å². The highest BCUT2D eigenvalue weighted by atomic mass is 19.1. The van der Waals surface area contributed by atoms with Crippen molar-refractivity contribution in [2.75, 3.05) is 19.0 Å². The lowest BCUT2D eigenvalue weighted by atomic mass is 9.83. The van der Waals surface area contributed by atoms with Crippen molar-refractivity contribution >= 4 is 11.7 Å². The molecule has 0 aromatic heterocycles. The molecule has 0 spiro atoms. The third-order valence-electron chi connectivity index (χ3n) is 6.96. The average Bonchev–Trinajstić information content (AvgIpc) is 3.69. The maximum absolute atomic E-state index is 14.4. The standard InChI is InChI=1S/C28H28FNO4/c1-16(28(31)32)27(19-7-8-19)20-9-12-26-24(13-20)30-25(15-34-26)18-5-3-17(4-6-18)22-14-21(33-2)10-11-23(22)29/h3-6,9-14,16,19,25,27,30H,7-8,15H2,1-2H3,(H,31,32)/p-1/t16-,25?,27-/m0/s1. The molecule has 0 radical (unpaired) electrons. The van der Waals surface area contributed by atoms with Gasteiger partial charge >= 0.3 is 0 Å². The van der Waals surface area contributed by atoms with Gasteiger partial charge in [-0.2, -0.15) is 0 Å². The van der Waals surface area contributed by atoms with Gasteiger partial charge in [-0.1, -0.05) is 37.3 Å². The van der Waals surface area contributed by atoms with Crippen LogP contribution in [0.5, 0.6) is 11.5 Å². The predicted molar refractivity (Wildman–Crippen MR) is 126 cm³/mol. The number of carbonyl (C=O) groups is 1. The number of hydrogen-bond donors (Lipinski definition) is 1. The highest BCUT2D eigenvalue weighted by Gasteiger charge is 2.37. The summed E-state index contributed by atoms with van der Waals surface area (Å²) in [6.07, 6.45) is 2.10. The molecular formula is C28H27FNO4-. The van der Waals surface area contributed by atoms with Gasteiger partial charge in [0.1, 0.15) is 23.9 Å². The summed E-state index contributed by atoms with van der Waals surface area (Å²) in [6, 6.07) is 18.2. The normalized spacial score (nSPS) is 18.7. The first kappa shape index (κ1) is 22.3. The zero-order valence-corrected chi connectivity index (χ0v) is 19.2. The van der Waals surface area contributed by atoms with Crippen molar-refractivity contribution in [2.24, 2.45) is 11.8 Å². The summed E-state index contributed by atoms with van der Waals surface area (Å²) in [4.78, 5) is 11.6. The zero-order chi connectivity index (χ0) is 23.8. The SMILES string of the molecule is COc1ccc(F)c(-c2ccc(C3COc4ccc([C@H](C5CC5)[C@H](C)C(=O)[O-])cc4N3)cc2)c1. The van der Waals surface area contributed by atoms with Crippen molar-refractivity contribution < 1.29 is 23.8 Å². The number of methoxy groups -OCH3 is 1. The molecule has 1 N–H and O–H groups in total. The van der Waals surface area contributed by atoms with Gasteiger partial charge in [0.05, 0.1) is 18.8 Å². The van der Waals surface area contributed by atoms with E-state index in [9.17, 15) is 14.3 Å². The molecule has 1 aliphatic heterocycles. The van der Waals surface area contributed by atoms with Gasteiger partial charge in [-0.05, 0) is 71.7 Å². The van der Waals surface area contributed by atoms with E-state index in [1.807, 2.05) is 42.5 Å². The van der Waals surface area contributed by atoms with Gasteiger partial charge in [-0.15, -0.1) is 0 Å². The van der Waals surface area contributed by atoms with E-state index >= 15 is 0 Å². The fraction of sp³-hybridized carbons (Fsp3) is 0.321. The van der Waals surface area contributed by atoms with E-state index in [0.29, 0.717) is 23.8 Å². The van der Waals surface area contributed by atoms with Crippen LogP contribution >= 0.6 is 0 Å². The van der Waals surface area contributed by atoms with E-state index in [2.05, 4.69) is 5.32 Å². The molecule has 5 rings (SSSR count). The third-order valence-corrected chi connectivity index (χ3v) is 6.96. The number of fused-ring (bicyclic) bond motifs is 1. The maximum atomic E-state index is 14.4. The molecule has 0 amide bonds. The van der Waals surface area contributed by atoms with E-state index in [1.165, 1.54) is 6.07 Å². The summed E-state index contributed by atoms with van der Waals surface area (Å²) in [5.74, 6) is -0.173. The van der Waals surface area contributed by atoms with Crippen LogP contribution in [0.3, 0.4) is 0 Å². The van der Waals surface area contributed by atoms with Crippen molar-refractivity contribution in [1.29, 1.82) is 0 Å². The highest BCUT2D eigenvalue weighted by Crippen LogP contribution is 2.48. The maximum Gasteiger partial charge on any atom is 0.142 e. The summed E-state index contributed by atoms with van der Waals surface area (Å²) in [5.41, 5.74) is 4.13. The van der Waals surface area contributed by atoms with E-state index in [1.54, 1.807) is 26.2 Å². The quantitative estimate of drug-likeness (QED) is 0.542. The van der Waals surface area contributed by atoms with Crippen LogP contribution in [0.1, 0.15) is 42.9 Å². The number of carboxylic acid groups (broad SMARTS) is 1. The lowest BCUT2D eigenvalue weighted by Crippen LogP contribution is -2.34. The van der Waals surface area contributed by atoms with Crippen molar-refractivity contribution in [3.8, 4) is 22.6 Å². The summed E-state index contributed by atoms with van der Waals surface area (Å²) < 4.78 is 25.6. The molecular weight excluding hydrogens is 433 g/mol. The second-order valence-corrected chi connectivity index (χ2v) is 9.20. The molecule has 3 aromatic carbocycles. The Bertz CT molecular complexity index is 1210. The minimum atomic E-state index is -1.01. The Hall–Kier alpha value is -3.54. The molecule has 0 saturated heterocycles. The van der Waals surface area contributed by atoms with Crippen LogP contribution in [0.2, 0.25) is 0 Å². The van der Waals surface area contributed by atoms with E-state index in [0.717, 1.165) is 41.0 Å². The van der Waals surface area contributed by atoms with Gasteiger partial charge in [-0.3, -0.25) is 0 Å². The Morgan fingerprint density at radius 1 is 1.12 bits per heavy atom. The molecule has 176 valence electrons. The van der Waals surface area contributed by atoms with Crippen LogP contribution in [0.25, 0.3) is 11.1 Å². The number of rotatable bonds is 7. The first-order valence-corrected chi connectivity index (χ1v) is 11.6. The number of carbonyl (C=O) groups excluding carboxylic acids is 1. The first-order chi connectivity index (χ1) is 16.4. The second kappa shape index (κ2) is 9.01. The lowest BCUT2D eigenvalue weighted by Gasteiger charge is -2.30. The Morgan fingerprint density at radius 2 is 1.88 bits per heavy atom. The van der Waals surface area contributed by atoms with Crippen LogP contribution in [0, 0.1) is 17.7 Å². The molecule has 6 heteroatoms. The summed E-state index contributed by atoms with van der Waals surface area (Å²) in [7, 11) is 1.56.